The molecule has 1 saturated heterocycles. The average molecular weight is 156 g/mol. The van der Waals surface area contributed by atoms with Crippen molar-refractivity contribution in [2.24, 2.45) is 0 Å². The summed E-state index contributed by atoms with van der Waals surface area (Å²) in [6.45, 7) is 3.23. The molecule has 1 heterocycles. The molecule has 63 valence electrons. The molecule has 1 atom stereocenters. The summed E-state index contributed by atoms with van der Waals surface area (Å²) in [5.74, 6) is -0.0134. The maximum atomic E-state index is 10.7. The maximum absolute atomic E-state index is 10.7. The molecule has 1 unspecified atom stereocenters. The fraction of sp³-hybridized carbons (Fsp3) is 0.750. The van der Waals surface area contributed by atoms with E-state index < -0.39 is 0 Å². The lowest BCUT2D eigenvalue weighted by molar-refractivity contribution is -0.118. The van der Waals surface area contributed by atoms with Gasteiger partial charge in [0.15, 0.2) is 0 Å². The molecule has 0 spiro atoms. The zero-order valence-corrected chi connectivity index (χ0v) is 6.80. The normalized spacial score (nSPS) is 23.5. The van der Waals surface area contributed by atoms with Crippen molar-refractivity contribution >= 4 is 5.91 Å². The van der Waals surface area contributed by atoms with E-state index in [-0.39, 0.29) is 12.0 Å². The van der Waals surface area contributed by atoms with Crippen LogP contribution in [0.5, 0.6) is 0 Å². The fourth-order valence-corrected chi connectivity index (χ4v) is 1.12. The molecule has 1 radical (unpaired) electrons. The molecule has 0 aromatic rings. The Morgan fingerprint density at radius 3 is 3.18 bits per heavy atom. The third-order valence-electron chi connectivity index (χ3n) is 1.79. The van der Waals surface area contributed by atoms with E-state index in [1.807, 2.05) is 0 Å². The van der Waals surface area contributed by atoms with Crippen LogP contribution >= 0.6 is 0 Å². The van der Waals surface area contributed by atoms with Gasteiger partial charge in [0.05, 0.1) is 6.10 Å². The average Bonchev–Trinajstić information content (AvgIpc) is 2.52. The number of ether oxygens (including phenoxy) is 1. The van der Waals surface area contributed by atoms with Gasteiger partial charge in [0.2, 0.25) is 5.91 Å². The van der Waals surface area contributed by atoms with E-state index in [4.69, 9.17) is 4.74 Å². The predicted molar refractivity (Wildman–Crippen MR) is 42.0 cm³/mol. The third kappa shape index (κ3) is 2.89. The van der Waals surface area contributed by atoms with Crippen molar-refractivity contribution in [2.45, 2.75) is 25.9 Å². The predicted octanol–water partition coefficient (Wildman–Crippen LogP) is 0.506. The molecule has 3 heteroatoms. The van der Waals surface area contributed by atoms with E-state index in [1.54, 1.807) is 6.92 Å². The van der Waals surface area contributed by atoms with Gasteiger partial charge in [-0.05, 0) is 12.8 Å². The highest BCUT2D eigenvalue weighted by Crippen LogP contribution is 2.10. The summed E-state index contributed by atoms with van der Waals surface area (Å²) in [6, 6.07) is 0. The van der Waals surface area contributed by atoms with Crippen molar-refractivity contribution in [3.8, 4) is 0 Å². The molecule has 1 N–H and O–H groups in total. The Morgan fingerprint density at radius 2 is 2.64 bits per heavy atom. The maximum Gasteiger partial charge on any atom is 0.223 e. The molecule has 0 saturated carbocycles. The molecule has 0 aliphatic carbocycles. The SMILES string of the molecule is C[CH]C(=O)NCC1CCCO1. The number of amides is 1. The first kappa shape index (κ1) is 8.53. The first-order valence-electron chi connectivity index (χ1n) is 4.01. The Kier molecular flexibility index (Phi) is 3.36. The van der Waals surface area contributed by atoms with Crippen LogP contribution in [0.15, 0.2) is 0 Å². The Labute approximate surface area is 67.1 Å². The minimum atomic E-state index is -0.0134. The topological polar surface area (TPSA) is 38.3 Å². The van der Waals surface area contributed by atoms with Crippen molar-refractivity contribution < 1.29 is 9.53 Å². The van der Waals surface area contributed by atoms with Crippen LogP contribution in [0.4, 0.5) is 0 Å². The minimum absolute atomic E-state index is 0.0134. The molecule has 0 aromatic heterocycles. The largest absolute Gasteiger partial charge is 0.376 e. The van der Waals surface area contributed by atoms with Gasteiger partial charge in [-0.25, -0.2) is 0 Å². The highest BCUT2D eigenvalue weighted by Gasteiger charge is 2.15. The van der Waals surface area contributed by atoms with Gasteiger partial charge in [-0.1, -0.05) is 6.92 Å². The Hall–Kier alpha value is -0.570. The number of carbonyl (C=O) groups excluding carboxylic acids is 1. The summed E-state index contributed by atoms with van der Waals surface area (Å²) in [5, 5.41) is 2.75. The lowest BCUT2D eigenvalue weighted by Crippen LogP contribution is -2.31. The zero-order chi connectivity index (χ0) is 8.10. The van der Waals surface area contributed by atoms with E-state index >= 15 is 0 Å². The molecule has 11 heavy (non-hydrogen) atoms. The standard InChI is InChI=1S/C8H14NO2/c1-2-8(10)9-6-7-4-3-5-11-7/h2,7H,3-6H2,1H3,(H,9,10). The van der Waals surface area contributed by atoms with Crippen molar-refractivity contribution in [1.29, 1.82) is 0 Å². The van der Waals surface area contributed by atoms with Gasteiger partial charge in [-0.3, -0.25) is 4.79 Å². The highest BCUT2D eigenvalue weighted by molar-refractivity contribution is 5.83. The van der Waals surface area contributed by atoms with Crippen LogP contribution in [-0.2, 0) is 9.53 Å². The van der Waals surface area contributed by atoms with Gasteiger partial charge in [0, 0.05) is 19.6 Å². The number of rotatable bonds is 3. The summed E-state index contributed by atoms with van der Waals surface area (Å²) in [6.07, 6.45) is 3.97. The fourth-order valence-electron chi connectivity index (χ4n) is 1.12. The summed E-state index contributed by atoms with van der Waals surface area (Å²) in [4.78, 5) is 10.7. The lowest BCUT2D eigenvalue weighted by Gasteiger charge is -2.09. The lowest BCUT2D eigenvalue weighted by atomic mass is 10.2. The van der Waals surface area contributed by atoms with Crippen LogP contribution in [0.2, 0.25) is 0 Å². The monoisotopic (exact) mass is 156 g/mol. The molecule has 3 nitrogen and oxygen atoms in total. The van der Waals surface area contributed by atoms with Crippen LogP contribution in [0.1, 0.15) is 19.8 Å². The van der Waals surface area contributed by atoms with Crippen molar-refractivity contribution in [3.05, 3.63) is 6.42 Å². The highest BCUT2D eigenvalue weighted by atomic mass is 16.5. The smallest absolute Gasteiger partial charge is 0.223 e. The van der Waals surface area contributed by atoms with Gasteiger partial charge in [0.25, 0.3) is 0 Å². The summed E-state index contributed by atoms with van der Waals surface area (Å²) >= 11 is 0. The van der Waals surface area contributed by atoms with Gasteiger partial charge < -0.3 is 10.1 Å². The van der Waals surface area contributed by atoms with Crippen LogP contribution < -0.4 is 5.32 Å². The molecule has 1 aliphatic rings. The molecule has 0 aromatic carbocycles. The molecular formula is C8H14NO2. The minimum Gasteiger partial charge on any atom is -0.376 e. The number of hydrogen-bond donors (Lipinski definition) is 1. The quantitative estimate of drug-likeness (QED) is 0.646. The number of carbonyl (C=O) groups is 1. The Morgan fingerprint density at radius 1 is 1.82 bits per heavy atom. The van der Waals surface area contributed by atoms with E-state index in [0.717, 1.165) is 19.4 Å². The summed E-state index contributed by atoms with van der Waals surface area (Å²) in [7, 11) is 0. The molecule has 0 bridgehead atoms. The number of nitrogens with one attached hydrogen (secondary N) is 1. The van der Waals surface area contributed by atoms with Crippen molar-refractivity contribution in [1.82, 2.24) is 5.32 Å². The third-order valence-corrected chi connectivity index (χ3v) is 1.79. The van der Waals surface area contributed by atoms with Crippen LogP contribution in [0, 0.1) is 6.42 Å². The summed E-state index contributed by atoms with van der Waals surface area (Å²) < 4.78 is 5.32. The summed E-state index contributed by atoms with van der Waals surface area (Å²) in [5.41, 5.74) is 0. The van der Waals surface area contributed by atoms with E-state index in [2.05, 4.69) is 5.32 Å². The first-order valence-corrected chi connectivity index (χ1v) is 4.01. The van der Waals surface area contributed by atoms with Gasteiger partial charge in [0.1, 0.15) is 0 Å². The van der Waals surface area contributed by atoms with E-state index in [1.165, 1.54) is 6.42 Å². The van der Waals surface area contributed by atoms with Crippen LogP contribution in [0.3, 0.4) is 0 Å². The Bertz CT molecular complexity index is 130. The van der Waals surface area contributed by atoms with Crippen LogP contribution in [-0.4, -0.2) is 25.2 Å². The van der Waals surface area contributed by atoms with Gasteiger partial charge in [-0.15, -0.1) is 0 Å². The van der Waals surface area contributed by atoms with Crippen LogP contribution in [0.25, 0.3) is 0 Å². The molecule has 1 amide bonds. The Balaban J connectivity index is 2.06. The second-order valence-electron chi connectivity index (χ2n) is 2.67. The first-order chi connectivity index (χ1) is 5.33. The molecule has 1 fully saturated rings. The van der Waals surface area contributed by atoms with Crippen molar-refractivity contribution in [3.63, 3.8) is 0 Å². The van der Waals surface area contributed by atoms with Crippen molar-refractivity contribution in [2.75, 3.05) is 13.2 Å². The van der Waals surface area contributed by atoms with Gasteiger partial charge in [-0.2, -0.15) is 0 Å². The molecular weight excluding hydrogens is 142 g/mol. The second-order valence-corrected chi connectivity index (χ2v) is 2.67. The van der Waals surface area contributed by atoms with E-state index in [9.17, 15) is 4.79 Å². The second kappa shape index (κ2) is 4.34. The van der Waals surface area contributed by atoms with Gasteiger partial charge >= 0.3 is 0 Å². The van der Waals surface area contributed by atoms with E-state index in [0.29, 0.717) is 6.54 Å². The number of hydrogen-bond acceptors (Lipinski definition) is 2. The molecule has 1 rings (SSSR count). The zero-order valence-electron chi connectivity index (χ0n) is 6.80. The molecule has 1 aliphatic heterocycles.